The molecule has 0 aromatic heterocycles. The predicted octanol–water partition coefficient (Wildman–Crippen LogP) is 1.09. The molecule has 0 amide bonds. The van der Waals surface area contributed by atoms with Crippen LogP contribution in [0.3, 0.4) is 0 Å². The first-order valence-electron chi connectivity index (χ1n) is 8.76. The third kappa shape index (κ3) is 6.08. The van der Waals surface area contributed by atoms with Crippen molar-refractivity contribution in [1.82, 2.24) is 20.0 Å². The van der Waals surface area contributed by atoms with Crippen LogP contribution in [-0.2, 0) is 0 Å². The Labute approximate surface area is 125 Å². The second-order valence-electron chi connectivity index (χ2n) is 6.29. The lowest BCUT2D eigenvalue weighted by atomic mass is 10.1. The number of likely N-dealkylation sites (tertiary alicyclic amines) is 1. The van der Waals surface area contributed by atoms with Crippen molar-refractivity contribution in [3.63, 3.8) is 0 Å². The third-order valence-corrected chi connectivity index (χ3v) is 4.72. The first-order chi connectivity index (χ1) is 9.88. The van der Waals surface area contributed by atoms with Gasteiger partial charge in [0, 0.05) is 39.3 Å². The summed E-state index contributed by atoms with van der Waals surface area (Å²) in [5.74, 6) is 0. The minimum absolute atomic E-state index is 1.10. The van der Waals surface area contributed by atoms with Gasteiger partial charge in [0.15, 0.2) is 0 Å². The summed E-state index contributed by atoms with van der Waals surface area (Å²) >= 11 is 0. The zero-order chi connectivity index (χ0) is 14.0. The van der Waals surface area contributed by atoms with E-state index in [0.29, 0.717) is 0 Å². The molecule has 0 spiro atoms. The topological polar surface area (TPSA) is 21.8 Å². The van der Waals surface area contributed by atoms with Gasteiger partial charge in [-0.1, -0.05) is 13.3 Å². The van der Waals surface area contributed by atoms with E-state index in [1.807, 2.05) is 0 Å². The Morgan fingerprint density at radius 1 is 0.700 bits per heavy atom. The molecule has 0 radical (unpaired) electrons. The van der Waals surface area contributed by atoms with Crippen LogP contribution in [0.1, 0.15) is 32.6 Å². The highest BCUT2D eigenvalue weighted by Gasteiger charge is 2.17. The first kappa shape index (κ1) is 16.2. The van der Waals surface area contributed by atoms with Gasteiger partial charge in [0.1, 0.15) is 0 Å². The second-order valence-corrected chi connectivity index (χ2v) is 6.29. The van der Waals surface area contributed by atoms with Crippen molar-refractivity contribution in [2.24, 2.45) is 0 Å². The molecule has 2 fully saturated rings. The molecule has 4 nitrogen and oxygen atoms in total. The maximum absolute atomic E-state index is 3.41. The van der Waals surface area contributed by atoms with Crippen molar-refractivity contribution in [1.29, 1.82) is 0 Å². The summed E-state index contributed by atoms with van der Waals surface area (Å²) in [6, 6.07) is 0. The molecule has 0 atom stereocenters. The molecular formula is C16H34N4. The van der Waals surface area contributed by atoms with Gasteiger partial charge in [0.25, 0.3) is 0 Å². The summed E-state index contributed by atoms with van der Waals surface area (Å²) in [4.78, 5) is 7.95. The lowest BCUT2D eigenvalue weighted by molar-refractivity contribution is 0.113. The number of hydrogen-bond donors (Lipinski definition) is 1. The fraction of sp³-hybridized carbons (Fsp3) is 1.00. The van der Waals surface area contributed by atoms with E-state index in [9.17, 15) is 0 Å². The molecule has 0 aromatic carbocycles. The van der Waals surface area contributed by atoms with Gasteiger partial charge in [-0.3, -0.25) is 4.90 Å². The van der Waals surface area contributed by atoms with Crippen molar-refractivity contribution in [3.05, 3.63) is 0 Å². The SMILES string of the molecule is CCNCCCN1CCN(CCN2CCCCC2)CC1. The summed E-state index contributed by atoms with van der Waals surface area (Å²) in [6.07, 6.45) is 5.57. The van der Waals surface area contributed by atoms with Crippen LogP contribution in [0.2, 0.25) is 0 Å². The van der Waals surface area contributed by atoms with Crippen LogP contribution in [0, 0.1) is 0 Å². The summed E-state index contributed by atoms with van der Waals surface area (Å²) in [6.45, 7) is 16.1. The summed E-state index contributed by atoms with van der Waals surface area (Å²) < 4.78 is 0. The number of rotatable bonds is 8. The molecule has 0 bridgehead atoms. The lowest BCUT2D eigenvalue weighted by Gasteiger charge is -2.36. The van der Waals surface area contributed by atoms with E-state index < -0.39 is 0 Å². The number of piperidine rings is 1. The average Bonchev–Trinajstić information content (AvgIpc) is 2.52. The Hall–Kier alpha value is -0.160. The van der Waals surface area contributed by atoms with Gasteiger partial charge < -0.3 is 15.1 Å². The van der Waals surface area contributed by atoms with Gasteiger partial charge in [-0.05, 0) is 52.0 Å². The van der Waals surface area contributed by atoms with Crippen LogP contribution in [0.4, 0.5) is 0 Å². The molecule has 2 rings (SSSR count). The monoisotopic (exact) mass is 282 g/mol. The fourth-order valence-electron chi connectivity index (χ4n) is 3.31. The van der Waals surface area contributed by atoms with Gasteiger partial charge in [0.05, 0.1) is 0 Å². The Morgan fingerprint density at radius 3 is 1.85 bits per heavy atom. The van der Waals surface area contributed by atoms with Gasteiger partial charge in [-0.25, -0.2) is 0 Å². The van der Waals surface area contributed by atoms with Crippen molar-refractivity contribution >= 4 is 0 Å². The van der Waals surface area contributed by atoms with Crippen molar-refractivity contribution in [3.8, 4) is 0 Å². The maximum atomic E-state index is 3.41. The van der Waals surface area contributed by atoms with E-state index in [1.165, 1.54) is 91.1 Å². The summed E-state index contributed by atoms with van der Waals surface area (Å²) in [5.41, 5.74) is 0. The normalized spacial score (nSPS) is 23.2. The zero-order valence-electron chi connectivity index (χ0n) is 13.4. The van der Waals surface area contributed by atoms with Crippen LogP contribution in [0.5, 0.6) is 0 Å². The molecule has 0 aliphatic carbocycles. The molecule has 2 aliphatic rings. The molecule has 4 heteroatoms. The first-order valence-corrected chi connectivity index (χ1v) is 8.76. The molecule has 0 unspecified atom stereocenters. The van der Waals surface area contributed by atoms with Crippen LogP contribution in [0.25, 0.3) is 0 Å². The highest BCUT2D eigenvalue weighted by Crippen LogP contribution is 2.09. The van der Waals surface area contributed by atoms with E-state index in [1.54, 1.807) is 0 Å². The Bertz CT molecular complexity index is 233. The minimum atomic E-state index is 1.10. The van der Waals surface area contributed by atoms with Crippen LogP contribution < -0.4 is 5.32 Å². The van der Waals surface area contributed by atoms with Crippen LogP contribution in [-0.4, -0.2) is 86.7 Å². The quantitative estimate of drug-likeness (QED) is 0.673. The van der Waals surface area contributed by atoms with E-state index in [2.05, 4.69) is 26.9 Å². The average molecular weight is 282 g/mol. The second kappa shape index (κ2) is 9.72. The molecule has 0 saturated carbocycles. The standard InChI is InChI=1S/C16H34N4/c1-2-17-7-6-10-19-12-15-20(16-13-19)14-11-18-8-4-3-5-9-18/h17H,2-16H2,1H3. The highest BCUT2D eigenvalue weighted by molar-refractivity contribution is 4.74. The van der Waals surface area contributed by atoms with Crippen molar-refractivity contribution in [2.75, 3.05) is 72.0 Å². The molecule has 2 saturated heterocycles. The smallest absolute Gasteiger partial charge is 0.0110 e. The molecule has 1 N–H and O–H groups in total. The number of nitrogens with zero attached hydrogens (tertiary/aromatic N) is 3. The van der Waals surface area contributed by atoms with Gasteiger partial charge in [-0.2, -0.15) is 0 Å². The molecular weight excluding hydrogens is 248 g/mol. The molecule has 118 valence electrons. The maximum Gasteiger partial charge on any atom is 0.0110 e. The highest BCUT2D eigenvalue weighted by atomic mass is 15.3. The summed E-state index contributed by atoms with van der Waals surface area (Å²) in [7, 11) is 0. The molecule has 0 aromatic rings. The van der Waals surface area contributed by atoms with Gasteiger partial charge >= 0.3 is 0 Å². The van der Waals surface area contributed by atoms with Crippen LogP contribution >= 0.6 is 0 Å². The van der Waals surface area contributed by atoms with Crippen LogP contribution in [0.15, 0.2) is 0 Å². The van der Waals surface area contributed by atoms with E-state index in [4.69, 9.17) is 0 Å². The molecule has 2 aliphatic heterocycles. The summed E-state index contributed by atoms with van der Waals surface area (Å²) in [5, 5.41) is 3.41. The Morgan fingerprint density at radius 2 is 1.25 bits per heavy atom. The largest absolute Gasteiger partial charge is 0.317 e. The lowest BCUT2D eigenvalue weighted by Crippen LogP contribution is -2.49. The fourth-order valence-corrected chi connectivity index (χ4v) is 3.31. The van der Waals surface area contributed by atoms with Gasteiger partial charge in [-0.15, -0.1) is 0 Å². The van der Waals surface area contributed by atoms with Crippen molar-refractivity contribution < 1.29 is 0 Å². The van der Waals surface area contributed by atoms with Gasteiger partial charge in [0.2, 0.25) is 0 Å². The number of nitrogens with one attached hydrogen (secondary N) is 1. The zero-order valence-corrected chi connectivity index (χ0v) is 13.4. The Balaban J connectivity index is 1.50. The molecule has 2 heterocycles. The number of piperazine rings is 1. The number of hydrogen-bond acceptors (Lipinski definition) is 4. The minimum Gasteiger partial charge on any atom is -0.317 e. The van der Waals surface area contributed by atoms with E-state index in [0.717, 1.165) is 6.54 Å². The molecule has 20 heavy (non-hydrogen) atoms. The van der Waals surface area contributed by atoms with E-state index >= 15 is 0 Å². The Kier molecular flexibility index (Phi) is 7.88. The third-order valence-electron chi connectivity index (χ3n) is 4.72. The van der Waals surface area contributed by atoms with E-state index in [-0.39, 0.29) is 0 Å². The van der Waals surface area contributed by atoms with Crippen molar-refractivity contribution in [2.45, 2.75) is 32.6 Å². The predicted molar refractivity (Wildman–Crippen MR) is 86.3 cm³/mol.